The predicted molar refractivity (Wildman–Crippen MR) is 133 cm³/mol. The third-order valence-electron chi connectivity index (χ3n) is 6.70. The van der Waals surface area contributed by atoms with E-state index >= 15 is 0 Å². The lowest BCUT2D eigenvalue weighted by molar-refractivity contribution is 0.355. The second kappa shape index (κ2) is 9.87. The van der Waals surface area contributed by atoms with Crippen LogP contribution in [0.2, 0.25) is 5.15 Å². The number of anilines is 2. The average molecular weight is 476 g/mol. The second-order valence-electron chi connectivity index (χ2n) is 9.53. The molecule has 2 N–H and O–H groups in total. The SMILES string of the molecule is C[C@H]1C[C@H](C)CN(c2cc(Cl)nc(NC(=S)NCC3(c4ccc(F)cc4)CCCC3)n2)C1. The van der Waals surface area contributed by atoms with Crippen molar-refractivity contribution in [2.45, 2.75) is 51.4 Å². The largest absolute Gasteiger partial charge is 0.361 e. The Kier molecular flexibility index (Phi) is 7.15. The van der Waals surface area contributed by atoms with Crippen molar-refractivity contribution in [3.05, 3.63) is 46.9 Å². The van der Waals surface area contributed by atoms with Crippen molar-refractivity contribution in [3.63, 3.8) is 0 Å². The number of nitrogens with zero attached hydrogens (tertiary/aromatic N) is 3. The van der Waals surface area contributed by atoms with Crippen LogP contribution in [0.3, 0.4) is 0 Å². The molecule has 8 heteroatoms. The lowest BCUT2D eigenvalue weighted by Gasteiger charge is -2.35. The van der Waals surface area contributed by atoms with Crippen LogP contribution in [0.1, 0.15) is 51.5 Å². The first-order valence-electron chi connectivity index (χ1n) is 11.4. The summed E-state index contributed by atoms with van der Waals surface area (Å²) >= 11 is 11.9. The maximum Gasteiger partial charge on any atom is 0.232 e. The van der Waals surface area contributed by atoms with E-state index in [2.05, 4.69) is 39.3 Å². The number of nitrogens with one attached hydrogen (secondary N) is 2. The van der Waals surface area contributed by atoms with E-state index in [1.165, 1.54) is 18.6 Å². The number of halogens is 2. The monoisotopic (exact) mass is 475 g/mol. The van der Waals surface area contributed by atoms with E-state index in [0.717, 1.165) is 50.2 Å². The number of thiocarbonyl (C=S) groups is 1. The van der Waals surface area contributed by atoms with Crippen LogP contribution in [0.15, 0.2) is 30.3 Å². The zero-order valence-electron chi connectivity index (χ0n) is 18.7. The molecule has 172 valence electrons. The number of hydrogen-bond donors (Lipinski definition) is 2. The van der Waals surface area contributed by atoms with Crippen LogP contribution < -0.4 is 15.5 Å². The molecule has 2 heterocycles. The molecule has 0 unspecified atom stereocenters. The van der Waals surface area contributed by atoms with Crippen molar-refractivity contribution in [2.24, 2.45) is 11.8 Å². The molecular weight excluding hydrogens is 445 g/mol. The van der Waals surface area contributed by atoms with E-state index in [1.54, 1.807) is 0 Å². The minimum Gasteiger partial charge on any atom is -0.361 e. The van der Waals surface area contributed by atoms with E-state index < -0.39 is 0 Å². The second-order valence-corrected chi connectivity index (χ2v) is 10.3. The number of aromatic nitrogens is 2. The summed E-state index contributed by atoms with van der Waals surface area (Å²) in [7, 11) is 0. The molecule has 2 aromatic rings. The van der Waals surface area contributed by atoms with Crippen LogP contribution in [0.5, 0.6) is 0 Å². The molecule has 2 aliphatic rings. The fourth-order valence-corrected chi connectivity index (χ4v) is 5.63. The molecule has 0 spiro atoms. The van der Waals surface area contributed by atoms with Gasteiger partial charge in [0.15, 0.2) is 5.11 Å². The summed E-state index contributed by atoms with van der Waals surface area (Å²) < 4.78 is 13.4. The first-order chi connectivity index (χ1) is 15.3. The van der Waals surface area contributed by atoms with Gasteiger partial charge in [0.05, 0.1) is 0 Å². The molecule has 1 saturated heterocycles. The molecule has 1 aliphatic carbocycles. The molecule has 4 rings (SSSR count). The van der Waals surface area contributed by atoms with Gasteiger partial charge in [-0.05, 0) is 61.0 Å². The summed E-state index contributed by atoms with van der Waals surface area (Å²) in [4.78, 5) is 11.3. The van der Waals surface area contributed by atoms with Crippen LogP contribution in [-0.4, -0.2) is 34.7 Å². The molecule has 0 bridgehead atoms. The van der Waals surface area contributed by atoms with Gasteiger partial charge in [0.1, 0.15) is 16.8 Å². The highest BCUT2D eigenvalue weighted by atomic mass is 35.5. The van der Waals surface area contributed by atoms with Crippen LogP contribution in [0.4, 0.5) is 16.2 Å². The third kappa shape index (κ3) is 5.49. The Bertz CT molecular complexity index is 938. The summed E-state index contributed by atoms with van der Waals surface area (Å²) in [5, 5.41) is 7.32. The molecule has 1 saturated carbocycles. The van der Waals surface area contributed by atoms with E-state index in [0.29, 0.717) is 34.6 Å². The molecule has 5 nitrogen and oxygen atoms in total. The van der Waals surface area contributed by atoms with Gasteiger partial charge in [0.25, 0.3) is 0 Å². The molecule has 1 aromatic heterocycles. The van der Waals surface area contributed by atoms with Crippen molar-refractivity contribution in [1.29, 1.82) is 0 Å². The number of piperidine rings is 1. The van der Waals surface area contributed by atoms with Crippen molar-refractivity contribution < 1.29 is 4.39 Å². The van der Waals surface area contributed by atoms with Gasteiger partial charge in [0, 0.05) is 31.1 Å². The van der Waals surface area contributed by atoms with E-state index in [4.69, 9.17) is 23.8 Å². The topological polar surface area (TPSA) is 53.1 Å². The highest BCUT2D eigenvalue weighted by molar-refractivity contribution is 7.80. The summed E-state index contributed by atoms with van der Waals surface area (Å²) in [6, 6.07) is 8.68. The average Bonchev–Trinajstić information content (AvgIpc) is 3.22. The lowest BCUT2D eigenvalue weighted by atomic mass is 9.79. The van der Waals surface area contributed by atoms with Crippen molar-refractivity contribution in [1.82, 2.24) is 15.3 Å². The Balaban J connectivity index is 1.42. The Morgan fingerprint density at radius 2 is 1.81 bits per heavy atom. The maximum absolute atomic E-state index is 13.4. The molecule has 2 fully saturated rings. The van der Waals surface area contributed by atoms with Gasteiger partial charge in [-0.3, -0.25) is 0 Å². The first kappa shape index (κ1) is 23.2. The summed E-state index contributed by atoms with van der Waals surface area (Å²) in [6.45, 7) is 7.13. The Labute approximate surface area is 200 Å². The molecule has 2 atom stereocenters. The highest BCUT2D eigenvalue weighted by Gasteiger charge is 2.35. The zero-order valence-corrected chi connectivity index (χ0v) is 20.3. The molecule has 1 aromatic carbocycles. The van der Waals surface area contributed by atoms with Crippen LogP contribution in [-0.2, 0) is 5.41 Å². The van der Waals surface area contributed by atoms with Gasteiger partial charge in [-0.25, -0.2) is 9.37 Å². The molecule has 0 radical (unpaired) electrons. The highest BCUT2D eigenvalue weighted by Crippen LogP contribution is 2.40. The van der Waals surface area contributed by atoms with Gasteiger partial charge in [-0.2, -0.15) is 4.98 Å². The standard InChI is InChI=1S/C24H31ClFN5S/c1-16-11-17(2)14-31(13-16)21-12-20(25)28-22(29-21)30-23(32)27-15-24(9-3-4-10-24)18-5-7-19(26)8-6-18/h5-8,12,16-17H,3-4,9-11,13-15H2,1-2H3,(H2,27,28,29,30,32)/t16-,17-/m0/s1. The molecule has 1 aliphatic heterocycles. The quantitative estimate of drug-likeness (QED) is 0.436. The summed E-state index contributed by atoms with van der Waals surface area (Å²) in [5.41, 5.74) is 1.11. The minimum absolute atomic E-state index is 0.0418. The number of benzene rings is 1. The third-order valence-corrected chi connectivity index (χ3v) is 7.14. The molecule has 0 amide bonds. The Morgan fingerprint density at radius 1 is 1.16 bits per heavy atom. The fourth-order valence-electron chi connectivity index (χ4n) is 5.29. The van der Waals surface area contributed by atoms with E-state index in [1.807, 2.05) is 18.2 Å². The molecule has 32 heavy (non-hydrogen) atoms. The van der Waals surface area contributed by atoms with E-state index in [-0.39, 0.29) is 11.2 Å². The maximum atomic E-state index is 13.4. The summed E-state index contributed by atoms with van der Waals surface area (Å²) in [5.74, 6) is 2.24. The van der Waals surface area contributed by atoms with Crippen molar-refractivity contribution in [3.8, 4) is 0 Å². The van der Waals surface area contributed by atoms with Crippen LogP contribution in [0, 0.1) is 17.7 Å². The van der Waals surface area contributed by atoms with Crippen LogP contribution >= 0.6 is 23.8 Å². The van der Waals surface area contributed by atoms with Gasteiger partial charge >= 0.3 is 0 Å². The normalized spacial score (nSPS) is 22.6. The Hall–Kier alpha value is -1.99. The first-order valence-corrected chi connectivity index (χ1v) is 12.2. The van der Waals surface area contributed by atoms with Gasteiger partial charge in [-0.15, -0.1) is 0 Å². The molecular formula is C24H31ClFN5S. The predicted octanol–water partition coefficient (Wildman–Crippen LogP) is 5.55. The fraction of sp³-hybridized carbons (Fsp3) is 0.542. The number of rotatable bonds is 5. The van der Waals surface area contributed by atoms with E-state index in [9.17, 15) is 4.39 Å². The zero-order chi connectivity index (χ0) is 22.7. The number of hydrogen-bond acceptors (Lipinski definition) is 4. The summed E-state index contributed by atoms with van der Waals surface area (Å²) in [6.07, 6.45) is 5.65. The Morgan fingerprint density at radius 3 is 2.47 bits per heavy atom. The smallest absolute Gasteiger partial charge is 0.232 e. The minimum atomic E-state index is -0.210. The van der Waals surface area contributed by atoms with Crippen molar-refractivity contribution >= 4 is 40.7 Å². The van der Waals surface area contributed by atoms with Gasteiger partial charge in [-0.1, -0.05) is 50.4 Å². The van der Waals surface area contributed by atoms with Crippen molar-refractivity contribution in [2.75, 3.05) is 29.9 Å². The van der Waals surface area contributed by atoms with Crippen LogP contribution in [0.25, 0.3) is 0 Å². The lowest BCUT2D eigenvalue weighted by Crippen LogP contribution is -2.41. The van der Waals surface area contributed by atoms with Gasteiger partial charge in [0.2, 0.25) is 5.95 Å². The van der Waals surface area contributed by atoms with Gasteiger partial charge < -0.3 is 15.5 Å².